The molecular formula is C9H18ClNO2. The number of aliphatic carboxylic acids is 1. The van der Waals surface area contributed by atoms with Gasteiger partial charge in [-0.25, -0.2) is 0 Å². The Morgan fingerprint density at radius 2 is 2.15 bits per heavy atom. The van der Waals surface area contributed by atoms with Crippen molar-refractivity contribution in [2.45, 2.75) is 38.1 Å². The van der Waals surface area contributed by atoms with Gasteiger partial charge in [-0.05, 0) is 20.4 Å². The predicted molar refractivity (Wildman–Crippen MR) is 54.3 cm³/mol. The summed E-state index contributed by atoms with van der Waals surface area (Å²) in [5.41, 5.74) is 0. The molecule has 0 aliphatic rings. The van der Waals surface area contributed by atoms with E-state index in [0.29, 0.717) is 12.6 Å². The van der Waals surface area contributed by atoms with E-state index < -0.39 is 11.3 Å². The van der Waals surface area contributed by atoms with Gasteiger partial charge >= 0.3 is 5.97 Å². The molecular weight excluding hydrogens is 190 g/mol. The third-order valence-corrected chi connectivity index (χ3v) is 2.50. The Kier molecular flexibility index (Phi) is 6.08. The molecule has 0 saturated heterocycles. The van der Waals surface area contributed by atoms with Crippen LogP contribution in [-0.4, -0.2) is 41.0 Å². The van der Waals surface area contributed by atoms with Gasteiger partial charge in [0.2, 0.25) is 0 Å². The molecule has 0 bridgehead atoms. The molecule has 0 rings (SSSR count). The third-order valence-electron chi connectivity index (χ3n) is 2.18. The van der Waals surface area contributed by atoms with Gasteiger partial charge in [-0.2, -0.15) is 0 Å². The predicted octanol–water partition coefficient (Wildman–Crippen LogP) is 1.80. The quantitative estimate of drug-likeness (QED) is 0.676. The van der Waals surface area contributed by atoms with E-state index in [0.717, 1.165) is 12.8 Å². The van der Waals surface area contributed by atoms with Gasteiger partial charge in [0.05, 0.1) is 0 Å². The summed E-state index contributed by atoms with van der Waals surface area (Å²) in [5.74, 6) is -0.947. The zero-order chi connectivity index (χ0) is 10.4. The number of alkyl halides is 1. The SMILES string of the molecule is CCCC(C)N(C)CC(Cl)C(=O)O. The highest BCUT2D eigenvalue weighted by Gasteiger charge is 2.18. The Hall–Kier alpha value is -0.280. The van der Waals surface area contributed by atoms with Crippen LogP contribution in [-0.2, 0) is 4.79 Å². The summed E-state index contributed by atoms with van der Waals surface area (Å²) in [7, 11) is 1.90. The van der Waals surface area contributed by atoms with Crippen molar-refractivity contribution in [2.24, 2.45) is 0 Å². The number of nitrogens with zero attached hydrogens (tertiary/aromatic N) is 1. The summed E-state index contributed by atoms with van der Waals surface area (Å²) in [6.07, 6.45) is 2.17. The third kappa shape index (κ3) is 5.11. The van der Waals surface area contributed by atoms with Crippen LogP contribution in [0.2, 0.25) is 0 Å². The molecule has 78 valence electrons. The number of carboxylic acids is 1. The van der Waals surface area contributed by atoms with Crippen molar-refractivity contribution in [1.82, 2.24) is 4.90 Å². The molecule has 3 nitrogen and oxygen atoms in total. The molecule has 2 atom stereocenters. The summed E-state index contributed by atoms with van der Waals surface area (Å²) < 4.78 is 0. The van der Waals surface area contributed by atoms with Gasteiger partial charge in [-0.3, -0.25) is 4.79 Å². The standard InChI is InChI=1S/C9H18ClNO2/c1-4-5-7(2)11(3)6-8(10)9(12)13/h7-8H,4-6H2,1-3H3,(H,12,13). The summed E-state index contributed by atoms with van der Waals surface area (Å²) in [6.45, 7) is 4.59. The van der Waals surface area contributed by atoms with E-state index in [1.807, 2.05) is 11.9 Å². The fourth-order valence-corrected chi connectivity index (χ4v) is 1.37. The van der Waals surface area contributed by atoms with Crippen LogP contribution in [0.5, 0.6) is 0 Å². The van der Waals surface area contributed by atoms with E-state index in [9.17, 15) is 4.79 Å². The highest BCUT2D eigenvalue weighted by atomic mass is 35.5. The molecule has 0 saturated carbocycles. The Balaban J connectivity index is 3.84. The fraction of sp³-hybridized carbons (Fsp3) is 0.889. The zero-order valence-corrected chi connectivity index (χ0v) is 9.21. The van der Waals surface area contributed by atoms with Crippen LogP contribution < -0.4 is 0 Å². The van der Waals surface area contributed by atoms with E-state index >= 15 is 0 Å². The lowest BCUT2D eigenvalue weighted by Crippen LogP contribution is -2.36. The average Bonchev–Trinajstić information content (AvgIpc) is 2.04. The van der Waals surface area contributed by atoms with Crippen molar-refractivity contribution in [1.29, 1.82) is 0 Å². The molecule has 0 amide bonds. The van der Waals surface area contributed by atoms with Crippen molar-refractivity contribution in [3.8, 4) is 0 Å². The molecule has 0 aliphatic heterocycles. The van der Waals surface area contributed by atoms with Crippen molar-refractivity contribution < 1.29 is 9.90 Å². The second kappa shape index (κ2) is 6.22. The van der Waals surface area contributed by atoms with Crippen molar-refractivity contribution in [2.75, 3.05) is 13.6 Å². The lowest BCUT2D eigenvalue weighted by Gasteiger charge is -2.25. The highest BCUT2D eigenvalue weighted by molar-refractivity contribution is 6.29. The maximum atomic E-state index is 10.5. The van der Waals surface area contributed by atoms with E-state index in [4.69, 9.17) is 16.7 Å². The number of halogens is 1. The molecule has 0 spiro atoms. The minimum absolute atomic E-state index is 0.394. The first-order valence-corrected chi connectivity index (χ1v) is 4.99. The van der Waals surface area contributed by atoms with Gasteiger partial charge in [-0.15, -0.1) is 11.6 Å². The Bertz CT molecular complexity index is 164. The van der Waals surface area contributed by atoms with Gasteiger partial charge < -0.3 is 10.0 Å². The zero-order valence-electron chi connectivity index (χ0n) is 8.46. The highest BCUT2D eigenvalue weighted by Crippen LogP contribution is 2.07. The molecule has 0 heterocycles. The topological polar surface area (TPSA) is 40.5 Å². The molecule has 4 heteroatoms. The molecule has 13 heavy (non-hydrogen) atoms. The molecule has 0 fully saturated rings. The number of hydrogen-bond acceptors (Lipinski definition) is 2. The largest absolute Gasteiger partial charge is 0.480 e. The molecule has 0 aromatic heterocycles. The van der Waals surface area contributed by atoms with E-state index in [2.05, 4.69) is 13.8 Å². The fourth-order valence-electron chi connectivity index (χ4n) is 1.15. The number of rotatable bonds is 6. The summed E-state index contributed by atoms with van der Waals surface area (Å²) in [4.78, 5) is 12.4. The van der Waals surface area contributed by atoms with E-state index in [1.165, 1.54) is 0 Å². The van der Waals surface area contributed by atoms with Crippen LogP contribution in [0.1, 0.15) is 26.7 Å². The molecule has 0 aromatic carbocycles. The van der Waals surface area contributed by atoms with Gasteiger partial charge in [-0.1, -0.05) is 13.3 Å². The first-order chi connectivity index (χ1) is 5.99. The summed E-state index contributed by atoms with van der Waals surface area (Å²) in [6, 6.07) is 0.394. The Morgan fingerprint density at radius 1 is 1.62 bits per heavy atom. The van der Waals surface area contributed by atoms with Gasteiger partial charge in [0.1, 0.15) is 5.38 Å². The maximum Gasteiger partial charge on any atom is 0.322 e. The van der Waals surface area contributed by atoms with Gasteiger partial charge in [0.15, 0.2) is 0 Å². The summed E-state index contributed by atoms with van der Waals surface area (Å²) >= 11 is 5.61. The first-order valence-electron chi connectivity index (χ1n) is 4.56. The van der Waals surface area contributed by atoms with Crippen LogP contribution in [0.15, 0.2) is 0 Å². The smallest absolute Gasteiger partial charge is 0.322 e. The van der Waals surface area contributed by atoms with Gasteiger partial charge in [0, 0.05) is 12.6 Å². The lowest BCUT2D eigenvalue weighted by atomic mass is 10.1. The van der Waals surface area contributed by atoms with E-state index in [1.54, 1.807) is 0 Å². The Labute approximate surface area is 84.7 Å². The number of carboxylic acid groups (broad SMARTS) is 1. The van der Waals surface area contributed by atoms with Crippen LogP contribution in [0.25, 0.3) is 0 Å². The minimum atomic E-state index is -0.947. The average molecular weight is 208 g/mol. The number of hydrogen-bond donors (Lipinski definition) is 1. The van der Waals surface area contributed by atoms with Crippen LogP contribution >= 0.6 is 11.6 Å². The summed E-state index contributed by atoms with van der Waals surface area (Å²) in [5, 5.41) is 7.78. The van der Waals surface area contributed by atoms with Gasteiger partial charge in [0.25, 0.3) is 0 Å². The van der Waals surface area contributed by atoms with E-state index in [-0.39, 0.29) is 0 Å². The van der Waals surface area contributed by atoms with Crippen molar-refractivity contribution in [3.05, 3.63) is 0 Å². The molecule has 2 unspecified atom stereocenters. The van der Waals surface area contributed by atoms with Crippen molar-refractivity contribution >= 4 is 17.6 Å². The monoisotopic (exact) mass is 207 g/mol. The lowest BCUT2D eigenvalue weighted by molar-refractivity contribution is -0.137. The maximum absolute atomic E-state index is 10.5. The molecule has 0 aromatic rings. The van der Waals surface area contributed by atoms with Crippen LogP contribution in [0, 0.1) is 0 Å². The molecule has 0 aliphatic carbocycles. The minimum Gasteiger partial charge on any atom is -0.480 e. The Morgan fingerprint density at radius 3 is 2.54 bits per heavy atom. The van der Waals surface area contributed by atoms with Crippen LogP contribution in [0.4, 0.5) is 0 Å². The first kappa shape index (κ1) is 12.7. The second-order valence-corrected chi connectivity index (χ2v) is 3.91. The number of carbonyl (C=O) groups is 1. The normalized spacial score (nSPS) is 15.8. The molecule has 0 radical (unpaired) electrons. The second-order valence-electron chi connectivity index (χ2n) is 3.38. The van der Waals surface area contributed by atoms with Crippen LogP contribution in [0.3, 0.4) is 0 Å². The van der Waals surface area contributed by atoms with Crippen molar-refractivity contribution in [3.63, 3.8) is 0 Å². The molecule has 1 N–H and O–H groups in total.